The van der Waals surface area contributed by atoms with Gasteiger partial charge >= 0.3 is 0 Å². The number of nitrogens with zero attached hydrogens (tertiary/aromatic N) is 3. The highest BCUT2D eigenvalue weighted by Gasteiger charge is 2.28. The van der Waals surface area contributed by atoms with Crippen molar-refractivity contribution >= 4 is 11.7 Å². The molecule has 1 saturated heterocycles. The van der Waals surface area contributed by atoms with Crippen molar-refractivity contribution in [3.63, 3.8) is 0 Å². The third kappa shape index (κ3) is 4.26. The third-order valence-electron chi connectivity index (χ3n) is 5.77. The third-order valence-corrected chi connectivity index (χ3v) is 5.77. The van der Waals surface area contributed by atoms with Crippen LogP contribution in [0.1, 0.15) is 33.1 Å². The van der Waals surface area contributed by atoms with E-state index in [1.165, 1.54) is 12.8 Å². The van der Waals surface area contributed by atoms with Crippen LogP contribution in [0.2, 0.25) is 0 Å². The summed E-state index contributed by atoms with van der Waals surface area (Å²) in [7, 11) is 0. The lowest BCUT2D eigenvalue weighted by Crippen LogP contribution is -2.52. The van der Waals surface area contributed by atoms with E-state index in [0.717, 1.165) is 38.4 Å². The van der Waals surface area contributed by atoms with Crippen molar-refractivity contribution in [3.8, 4) is 0 Å². The number of carbonyl (C=O) groups is 1. The molecule has 1 aliphatic carbocycles. The molecule has 1 aliphatic heterocycles. The molecular weight excluding hydrogens is 300 g/mol. The largest absolute Gasteiger partial charge is 0.354 e. The second-order valence-corrected chi connectivity index (χ2v) is 7.39. The lowest BCUT2D eigenvalue weighted by atomic mass is 9.78. The van der Waals surface area contributed by atoms with E-state index in [9.17, 15) is 4.79 Å². The standard InChI is InChI=1S/C19H30N4O/c1-15-6-5-7-17(16(15)2)21-19(24)14-22-10-12-23(13-11-22)18-8-3-4-9-20-18/h3-4,8-9,15-17H,5-7,10-14H2,1-2H3,(H,21,24). The van der Waals surface area contributed by atoms with Gasteiger partial charge in [0.05, 0.1) is 6.54 Å². The number of amides is 1. The number of pyridine rings is 1. The summed E-state index contributed by atoms with van der Waals surface area (Å²) in [5, 5.41) is 3.28. The molecule has 3 rings (SSSR count). The van der Waals surface area contributed by atoms with E-state index in [-0.39, 0.29) is 5.91 Å². The van der Waals surface area contributed by atoms with Crippen LogP contribution in [-0.2, 0) is 4.79 Å². The van der Waals surface area contributed by atoms with E-state index in [1.807, 2.05) is 24.4 Å². The molecule has 2 aliphatic rings. The first kappa shape index (κ1) is 17.2. The lowest BCUT2D eigenvalue weighted by molar-refractivity contribution is -0.123. The number of hydrogen-bond donors (Lipinski definition) is 1. The fourth-order valence-electron chi connectivity index (χ4n) is 3.92. The number of aromatic nitrogens is 1. The molecule has 24 heavy (non-hydrogen) atoms. The number of hydrogen-bond acceptors (Lipinski definition) is 4. The highest BCUT2D eigenvalue weighted by molar-refractivity contribution is 5.78. The molecule has 0 bridgehead atoms. The van der Waals surface area contributed by atoms with Gasteiger partial charge in [-0.25, -0.2) is 4.98 Å². The van der Waals surface area contributed by atoms with E-state index >= 15 is 0 Å². The summed E-state index contributed by atoms with van der Waals surface area (Å²) in [5.74, 6) is 2.52. The maximum absolute atomic E-state index is 12.4. The van der Waals surface area contributed by atoms with Crippen molar-refractivity contribution in [2.45, 2.75) is 39.2 Å². The number of rotatable bonds is 4. The van der Waals surface area contributed by atoms with E-state index in [1.54, 1.807) is 0 Å². The van der Waals surface area contributed by atoms with Crippen LogP contribution in [0.5, 0.6) is 0 Å². The van der Waals surface area contributed by atoms with Gasteiger partial charge in [-0.2, -0.15) is 0 Å². The summed E-state index contributed by atoms with van der Waals surface area (Å²) in [6.07, 6.45) is 5.49. The Kier molecular flexibility index (Phi) is 5.72. The molecule has 0 aromatic carbocycles. The number of carbonyl (C=O) groups excluding carboxylic acids is 1. The monoisotopic (exact) mass is 330 g/mol. The molecule has 0 spiro atoms. The Labute approximate surface area is 145 Å². The predicted octanol–water partition coefficient (Wildman–Crippen LogP) is 2.14. The van der Waals surface area contributed by atoms with Gasteiger partial charge in [0, 0.05) is 38.4 Å². The fourth-order valence-corrected chi connectivity index (χ4v) is 3.92. The Bertz CT molecular complexity index is 527. The Morgan fingerprint density at radius 2 is 2.00 bits per heavy atom. The Morgan fingerprint density at radius 3 is 2.71 bits per heavy atom. The number of anilines is 1. The molecule has 5 heteroatoms. The van der Waals surface area contributed by atoms with Crippen LogP contribution in [0.25, 0.3) is 0 Å². The molecule has 5 nitrogen and oxygen atoms in total. The molecule has 1 aromatic heterocycles. The minimum Gasteiger partial charge on any atom is -0.354 e. The number of nitrogens with one attached hydrogen (secondary N) is 1. The zero-order chi connectivity index (χ0) is 16.9. The molecule has 1 saturated carbocycles. The van der Waals surface area contributed by atoms with E-state index in [0.29, 0.717) is 24.4 Å². The lowest BCUT2D eigenvalue weighted by Gasteiger charge is -2.37. The Balaban J connectivity index is 1.43. The van der Waals surface area contributed by atoms with Crippen molar-refractivity contribution in [1.29, 1.82) is 0 Å². The smallest absolute Gasteiger partial charge is 0.234 e. The van der Waals surface area contributed by atoms with E-state index < -0.39 is 0 Å². The van der Waals surface area contributed by atoms with Gasteiger partial charge in [0.25, 0.3) is 0 Å². The fraction of sp³-hybridized carbons (Fsp3) is 0.684. The maximum Gasteiger partial charge on any atom is 0.234 e. The van der Waals surface area contributed by atoms with Gasteiger partial charge in [0.1, 0.15) is 5.82 Å². The van der Waals surface area contributed by atoms with Crippen LogP contribution < -0.4 is 10.2 Å². The average molecular weight is 330 g/mol. The normalized spacial score (nSPS) is 28.6. The van der Waals surface area contributed by atoms with Crippen LogP contribution in [0.4, 0.5) is 5.82 Å². The maximum atomic E-state index is 12.4. The molecule has 0 radical (unpaired) electrons. The topological polar surface area (TPSA) is 48.5 Å². The second-order valence-electron chi connectivity index (χ2n) is 7.39. The van der Waals surface area contributed by atoms with Gasteiger partial charge in [0.15, 0.2) is 0 Å². The summed E-state index contributed by atoms with van der Waals surface area (Å²) in [6.45, 7) is 8.80. The molecule has 1 N–H and O–H groups in total. The molecule has 132 valence electrons. The van der Waals surface area contributed by atoms with Crippen molar-refractivity contribution in [3.05, 3.63) is 24.4 Å². The van der Waals surface area contributed by atoms with Gasteiger partial charge in [-0.3, -0.25) is 9.69 Å². The van der Waals surface area contributed by atoms with Gasteiger partial charge < -0.3 is 10.2 Å². The Hall–Kier alpha value is -1.62. The predicted molar refractivity (Wildman–Crippen MR) is 97.0 cm³/mol. The van der Waals surface area contributed by atoms with Crippen LogP contribution >= 0.6 is 0 Å². The quantitative estimate of drug-likeness (QED) is 0.919. The minimum atomic E-state index is 0.187. The zero-order valence-electron chi connectivity index (χ0n) is 14.9. The highest BCUT2D eigenvalue weighted by Crippen LogP contribution is 2.29. The van der Waals surface area contributed by atoms with Crippen molar-refractivity contribution in [1.82, 2.24) is 15.2 Å². The van der Waals surface area contributed by atoms with Crippen LogP contribution in [-0.4, -0.2) is 54.6 Å². The summed E-state index contributed by atoms with van der Waals surface area (Å²) in [6, 6.07) is 6.37. The van der Waals surface area contributed by atoms with Gasteiger partial charge in [0.2, 0.25) is 5.91 Å². The molecular formula is C19H30N4O. The van der Waals surface area contributed by atoms with Crippen molar-refractivity contribution in [2.75, 3.05) is 37.6 Å². The van der Waals surface area contributed by atoms with Gasteiger partial charge in [-0.15, -0.1) is 0 Å². The van der Waals surface area contributed by atoms with Crippen molar-refractivity contribution < 1.29 is 4.79 Å². The van der Waals surface area contributed by atoms with Gasteiger partial charge in [-0.1, -0.05) is 32.8 Å². The molecule has 3 unspecified atom stereocenters. The Morgan fingerprint density at radius 1 is 1.21 bits per heavy atom. The molecule has 3 atom stereocenters. The van der Waals surface area contributed by atoms with E-state index in [4.69, 9.17) is 0 Å². The summed E-state index contributed by atoms with van der Waals surface area (Å²) in [5.41, 5.74) is 0. The minimum absolute atomic E-state index is 0.187. The molecule has 1 amide bonds. The average Bonchev–Trinajstić information content (AvgIpc) is 2.60. The SMILES string of the molecule is CC1CCCC(NC(=O)CN2CCN(c3ccccn3)CC2)C1C. The highest BCUT2D eigenvalue weighted by atomic mass is 16.2. The van der Waals surface area contributed by atoms with Crippen molar-refractivity contribution in [2.24, 2.45) is 11.8 Å². The van der Waals surface area contributed by atoms with Gasteiger partial charge in [-0.05, 0) is 30.4 Å². The van der Waals surface area contributed by atoms with Crippen LogP contribution in [0.15, 0.2) is 24.4 Å². The second kappa shape index (κ2) is 7.97. The van der Waals surface area contributed by atoms with E-state index in [2.05, 4.69) is 33.9 Å². The van der Waals surface area contributed by atoms with Crippen LogP contribution in [0, 0.1) is 11.8 Å². The molecule has 1 aromatic rings. The number of piperazine rings is 1. The molecule has 2 heterocycles. The summed E-state index contributed by atoms with van der Waals surface area (Å²) < 4.78 is 0. The summed E-state index contributed by atoms with van der Waals surface area (Å²) >= 11 is 0. The first-order chi connectivity index (χ1) is 11.6. The van der Waals surface area contributed by atoms with Crippen LogP contribution in [0.3, 0.4) is 0 Å². The molecule has 2 fully saturated rings. The first-order valence-electron chi connectivity index (χ1n) is 9.31. The zero-order valence-corrected chi connectivity index (χ0v) is 14.9. The summed E-state index contributed by atoms with van der Waals surface area (Å²) in [4.78, 5) is 21.4. The first-order valence-corrected chi connectivity index (χ1v) is 9.31.